The van der Waals surface area contributed by atoms with Gasteiger partial charge < -0.3 is 5.11 Å². The van der Waals surface area contributed by atoms with Gasteiger partial charge in [-0.1, -0.05) is 80.8 Å². The fourth-order valence-corrected chi connectivity index (χ4v) is 3.88. The number of carbonyl (C=O) groups is 1. The number of carboxylic acids is 1. The highest BCUT2D eigenvalue weighted by molar-refractivity contribution is 5.90. The minimum absolute atomic E-state index is 0.0380. The molecule has 4 rings (SSSR count). The average Bonchev–Trinajstić information content (AvgIpc) is 2.78. The Hall–Kier alpha value is -3.83. The highest BCUT2D eigenvalue weighted by atomic mass is 16.4. The Morgan fingerprint density at radius 2 is 1.55 bits per heavy atom. The SMILES string of the molecule is C=C(c1ccc(C(=O)O)cc1)c1ccc2c(c1)C(C#Cc1ccccc1)=CCC2(C)C. The molecule has 0 unspecified atom stereocenters. The molecule has 0 bridgehead atoms. The van der Waals surface area contributed by atoms with Gasteiger partial charge in [-0.15, -0.1) is 0 Å². The second-order valence-electron chi connectivity index (χ2n) is 8.44. The van der Waals surface area contributed by atoms with E-state index >= 15 is 0 Å². The molecule has 0 aliphatic heterocycles. The molecule has 0 aromatic heterocycles. The maximum absolute atomic E-state index is 11.1. The molecular formula is C29H24O2. The lowest BCUT2D eigenvalue weighted by Crippen LogP contribution is -2.21. The summed E-state index contributed by atoms with van der Waals surface area (Å²) in [6.45, 7) is 8.78. The zero-order valence-electron chi connectivity index (χ0n) is 17.8. The summed E-state index contributed by atoms with van der Waals surface area (Å²) in [5.41, 5.74) is 7.53. The third-order valence-corrected chi connectivity index (χ3v) is 5.80. The van der Waals surface area contributed by atoms with Gasteiger partial charge in [-0.3, -0.25) is 0 Å². The lowest BCUT2D eigenvalue weighted by molar-refractivity contribution is 0.0697. The van der Waals surface area contributed by atoms with Crippen LogP contribution in [0.5, 0.6) is 0 Å². The molecule has 2 heteroatoms. The summed E-state index contributed by atoms with van der Waals surface area (Å²) >= 11 is 0. The van der Waals surface area contributed by atoms with Crippen LogP contribution >= 0.6 is 0 Å². The molecule has 0 fully saturated rings. The molecule has 3 aromatic carbocycles. The number of fused-ring (bicyclic) bond motifs is 1. The Balaban J connectivity index is 1.72. The molecule has 0 saturated heterocycles. The van der Waals surface area contributed by atoms with Gasteiger partial charge >= 0.3 is 5.97 Å². The first kappa shape index (κ1) is 20.4. The van der Waals surface area contributed by atoms with Crippen molar-refractivity contribution in [3.8, 4) is 11.8 Å². The van der Waals surface area contributed by atoms with E-state index in [4.69, 9.17) is 5.11 Å². The van der Waals surface area contributed by atoms with Crippen LogP contribution in [0, 0.1) is 11.8 Å². The molecule has 152 valence electrons. The van der Waals surface area contributed by atoms with E-state index in [9.17, 15) is 4.79 Å². The fraction of sp³-hybridized carbons (Fsp3) is 0.138. The van der Waals surface area contributed by atoms with Crippen LogP contribution in [0.4, 0.5) is 0 Å². The van der Waals surface area contributed by atoms with Gasteiger partial charge in [0.05, 0.1) is 5.56 Å². The highest BCUT2D eigenvalue weighted by Crippen LogP contribution is 2.40. The topological polar surface area (TPSA) is 37.3 Å². The molecule has 1 N–H and O–H groups in total. The van der Waals surface area contributed by atoms with Gasteiger partial charge in [0.2, 0.25) is 0 Å². The van der Waals surface area contributed by atoms with Crippen molar-refractivity contribution in [1.29, 1.82) is 0 Å². The third-order valence-electron chi connectivity index (χ3n) is 5.80. The van der Waals surface area contributed by atoms with Crippen LogP contribution in [0.2, 0.25) is 0 Å². The number of hydrogen-bond acceptors (Lipinski definition) is 1. The summed E-state index contributed by atoms with van der Waals surface area (Å²) in [5, 5.41) is 9.13. The number of carboxylic acid groups (broad SMARTS) is 1. The smallest absolute Gasteiger partial charge is 0.335 e. The molecular weight excluding hydrogens is 380 g/mol. The van der Waals surface area contributed by atoms with Crippen LogP contribution in [-0.2, 0) is 5.41 Å². The molecule has 0 heterocycles. The van der Waals surface area contributed by atoms with Crippen LogP contribution < -0.4 is 0 Å². The lowest BCUT2D eigenvalue weighted by Gasteiger charge is -2.31. The molecule has 31 heavy (non-hydrogen) atoms. The van der Waals surface area contributed by atoms with E-state index in [1.807, 2.05) is 30.3 Å². The number of allylic oxidation sites excluding steroid dienone is 2. The second-order valence-corrected chi connectivity index (χ2v) is 8.44. The van der Waals surface area contributed by atoms with Crippen LogP contribution in [-0.4, -0.2) is 11.1 Å². The monoisotopic (exact) mass is 404 g/mol. The summed E-state index contributed by atoms with van der Waals surface area (Å²) in [5.74, 6) is 5.73. The molecule has 1 aliphatic carbocycles. The Labute approximate surface area is 183 Å². The van der Waals surface area contributed by atoms with Gasteiger partial charge in [0.15, 0.2) is 0 Å². The molecule has 2 nitrogen and oxygen atoms in total. The van der Waals surface area contributed by atoms with Crippen LogP contribution in [0.15, 0.2) is 85.5 Å². The van der Waals surface area contributed by atoms with Gasteiger partial charge in [-0.25, -0.2) is 4.79 Å². The van der Waals surface area contributed by atoms with Crippen molar-refractivity contribution in [2.24, 2.45) is 0 Å². The Morgan fingerprint density at radius 1 is 0.903 bits per heavy atom. The van der Waals surface area contributed by atoms with Crippen molar-refractivity contribution >= 4 is 17.1 Å². The molecule has 1 aliphatic rings. The Bertz CT molecular complexity index is 1250. The summed E-state index contributed by atoms with van der Waals surface area (Å²) in [7, 11) is 0. The molecule has 0 amide bonds. The van der Waals surface area contributed by atoms with Crippen molar-refractivity contribution in [2.45, 2.75) is 25.7 Å². The number of aromatic carboxylic acids is 1. The number of benzene rings is 3. The van der Waals surface area contributed by atoms with Crippen LogP contribution in [0.3, 0.4) is 0 Å². The molecule has 0 atom stereocenters. The van der Waals surface area contributed by atoms with Crippen molar-refractivity contribution in [3.63, 3.8) is 0 Å². The Morgan fingerprint density at radius 3 is 2.23 bits per heavy atom. The van der Waals surface area contributed by atoms with Crippen LogP contribution in [0.1, 0.15) is 58.4 Å². The predicted molar refractivity (Wildman–Crippen MR) is 127 cm³/mol. The Kier molecular flexibility index (Phi) is 5.36. The first-order valence-electron chi connectivity index (χ1n) is 10.3. The maximum Gasteiger partial charge on any atom is 0.335 e. The number of hydrogen-bond donors (Lipinski definition) is 1. The molecule has 0 saturated carbocycles. The van der Waals surface area contributed by atoms with Gasteiger partial charge in [0.25, 0.3) is 0 Å². The zero-order chi connectivity index (χ0) is 22.0. The van der Waals surface area contributed by atoms with Gasteiger partial charge in [0.1, 0.15) is 0 Å². The van der Waals surface area contributed by atoms with E-state index in [-0.39, 0.29) is 11.0 Å². The first-order valence-corrected chi connectivity index (χ1v) is 10.3. The lowest BCUT2D eigenvalue weighted by atomic mass is 9.72. The van der Waals surface area contributed by atoms with Crippen molar-refractivity contribution < 1.29 is 9.90 Å². The number of rotatable bonds is 3. The van der Waals surface area contributed by atoms with Crippen molar-refractivity contribution in [1.82, 2.24) is 0 Å². The third kappa shape index (κ3) is 4.22. The summed E-state index contributed by atoms with van der Waals surface area (Å²) < 4.78 is 0. The van der Waals surface area contributed by atoms with E-state index in [0.717, 1.165) is 39.8 Å². The quantitative estimate of drug-likeness (QED) is 0.502. The maximum atomic E-state index is 11.1. The predicted octanol–water partition coefficient (Wildman–Crippen LogP) is 6.56. The summed E-state index contributed by atoms with van der Waals surface area (Å²) in [6.07, 6.45) is 3.17. The highest BCUT2D eigenvalue weighted by Gasteiger charge is 2.28. The van der Waals surface area contributed by atoms with E-state index in [1.165, 1.54) is 5.56 Å². The average molecular weight is 405 g/mol. The van der Waals surface area contributed by atoms with E-state index < -0.39 is 5.97 Å². The fourth-order valence-electron chi connectivity index (χ4n) is 3.88. The normalized spacial score (nSPS) is 13.9. The van der Waals surface area contributed by atoms with Crippen LogP contribution in [0.25, 0.3) is 11.1 Å². The minimum atomic E-state index is -0.931. The van der Waals surface area contributed by atoms with Crippen molar-refractivity contribution in [3.05, 3.63) is 119 Å². The molecule has 3 aromatic rings. The minimum Gasteiger partial charge on any atom is -0.478 e. The molecule has 0 radical (unpaired) electrons. The van der Waals surface area contributed by atoms with E-state index in [0.29, 0.717) is 0 Å². The van der Waals surface area contributed by atoms with Gasteiger partial charge in [-0.2, -0.15) is 0 Å². The van der Waals surface area contributed by atoms with Crippen molar-refractivity contribution in [2.75, 3.05) is 0 Å². The molecule has 0 spiro atoms. The van der Waals surface area contributed by atoms with E-state index in [1.54, 1.807) is 24.3 Å². The summed E-state index contributed by atoms with van der Waals surface area (Å²) in [4.78, 5) is 11.1. The van der Waals surface area contributed by atoms with E-state index in [2.05, 4.69) is 56.5 Å². The largest absolute Gasteiger partial charge is 0.478 e. The zero-order valence-corrected chi connectivity index (χ0v) is 17.8. The standard InChI is InChI=1S/C29H24O2/c1-20(22-11-13-24(14-12-22)28(30)31)25-15-16-27-26(19-25)23(17-18-29(27,2)3)10-9-21-7-5-4-6-8-21/h4-8,11-17,19H,1,18H2,2-3H3,(H,30,31). The van der Waals surface area contributed by atoms with Gasteiger partial charge in [0, 0.05) is 11.1 Å². The second kappa shape index (κ2) is 8.13. The van der Waals surface area contributed by atoms with Gasteiger partial charge in [-0.05, 0) is 70.0 Å². The first-order chi connectivity index (χ1) is 14.8. The summed E-state index contributed by atoms with van der Waals surface area (Å²) in [6, 6.07) is 23.3.